The molecule has 4 rings (SSSR count). The Labute approximate surface area is 167 Å². The molecule has 0 bridgehead atoms. The summed E-state index contributed by atoms with van der Waals surface area (Å²) >= 11 is 0. The van der Waals surface area contributed by atoms with Gasteiger partial charge in [-0.2, -0.15) is 5.11 Å². The van der Waals surface area contributed by atoms with E-state index in [1.807, 2.05) is 24.3 Å². The van der Waals surface area contributed by atoms with E-state index in [1.54, 1.807) is 18.2 Å². The van der Waals surface area contributed by atoms with Crippen molar-refractivity contribution in [2.75, 3.05) is 5.32 Å². The van der Waals surface area contributed by atoms with Crippen LogP contribution in [0.3, 0.4) is 0 Å². The number of hydrogen-bond acceptors (Lipinski definition) is 6. The Hall–Kier alpha value is -3.61. The zero-order chi connectivity index (χ0) is 20.2. The molecule has 0 atom stereocenters. The van der Waals surface area contributed by atoms with Crippen LogP contribution in [0.4, 0.5) is 5.69 Å². The van der Waals surface area contributed by atoms with Gasteiger partial charge in [0, 0.05) is 22.8 Å². The van der Waals surface area contributed by atoms with Crippen molar-refractivity contribution >= 4 is 22.3 Å². The standard InChI is InChI=1S/C22H22N4O3/c23-26-21(19-12-14-11-16(27)7-10-20(14)25-22(19)28)13-24-15-5-8-18(9-6-15)29-17-3-1-2-4-17/h5-13,17,23-24,27H,1-4H2,(H,25,28)/b21-13-,26-23?. The first-order valence-corrected chi connectivity index (χ1v) is 9.60. The molecule has 0 radical (unpaired) electrons. The van der Waals surface area contributed by atoms with Gasteiger partial charge in [0.05, 0.1) is 11.7 Å². The van der Waals surface area contributed by atoms with Crippen LogP contribution >= 0.6 is 0 Å². The molecule has 1 aliphatic carbocycles. The maximum atomic E-state index is 12.4. The highest BCUT2D eigenvalue weighted by Crippen LogP contribution is 2.25. The van der Waals surface area contributed by atoms with Crippen LogP contribution < -0.4 is 15.6 Å². The van der Waals surface area contributed by atoms with E-state index >= 15 is 0 Å². The van der Waals surface area contributed by atoms with Crippen molar-refractivity contribution < 1.29 is 9.84 Å². The predicted octanol–water partition coefficient (Wildman–Crippen LogP) is 5.00. The Morgan fingerprint density at radius 2 is 1.93 bits per heavy atom. The van der Waals surface area contributed by atoms with Crippen molar-refractivity contribution in [1.82, 2.24) is 4.98 Å². The van der Waals surface area contributed by atoms with Crippen molar-refractivity contribution in [3.8, 4) is 11.5 Å². The maximum absolute atomic E-state index is 12.4. The normalized spacial score (nSPS) is 14.8. The van der Waals surface area contributed by atoms with Crippen LogP contribution in [0, 0.1) is 5.53 Å². The van der Waals surface area contributed by atoms with Crippen LogP contribution in [0.2, 0.25) is 0 Å². The number of aromatic nitrogens is 1. The molecule has 1 saturated carbocycles. The number of aromatic hydroxyl groups is 1. The first-order valence-electron chi connectivity index (χ1n) is 9.60. The molecule has 0 amide bonds. The summed E-state index contributed by atoms with van der Waals surface area (Å²) in [4.78, 5) is 15.1. The summed E-state index contributed by atoms with van der Waals surface area (Å²) in [6.45, 7) is 0. The second-order valence-corrected chi connectivity index (χ2v) is 7.12. The van der Waals surface area contributed by atoms with E-state index in [4.69, 9.17) is 10.3 Å². The Morgan fingerprint density at radius 3 is 2.66 bits per heavy atom. The molecule has 1 aliphatic rings. The molecule has 148 valence electrons. The fourth-order valence-electron chi connectivity index (χ4n) is 3.53. The van der Waals surface area contributed by atoms with Crippen molar-refractivity contribution in [2.24, 2.45) is 5.11 Å². The number of anilines is 1. The molecule has 7 nitrogen and oxygen atoms in total. The average molecular weight is 390 g/mol. The minimum absolute atomic E-state index is 0.0990. The highest BCUT2D eigenvalue weighted by molar-refractivity contribution is 5.83. The summed E-state index contributed by atoms with van der Waals surface area (Å²) in [5.41, 5.74) is 8.93. The second-order valence-electron chi connectivity index (χ2n) is 7.12. The molecule has 1 heterocycles. The second kappa shape index (κ2) is 8.18. The van der Waals surface area contributed by atoms with Crippen molar-refractivity contribution in [1.29, 1.82) is 5.53 Å². The molecular weight excluding hydrogens is 368 g/mol. The SMILES string of the molecule is N=N/C(=C\Nc1ccc(OC2CCCC2)cc1)c1cc2cc(O)ccc2[nH]c1=O. The molecule has 0 unspecified atom stereocenters. The first-order chi connectivity index (χ1) is 14.1. The van der Waals surface area contributed by atoms with E-state index in [1.165, 1.54) is 25.1 Å². The Morgan fingerprint density at radius 1 is 1.17 bits per heavy atom. The number of ether oxygens (including phenoxy) is 1. The molecule has 0 spiro atoms. The summed E-state index contributed by atoms with van der Waals surface area (Å²) < 4.78 is 5.96. The predicted molar refractivity (Wildman–Crippen MR) is 112 cm³/mol. The zero-order valence-electron chi connectivity index (χ0n) is 15.8. The van der Waals surface area contributed by atoms with Gasteiger partial charge in [-0.25, -0.2) is 5.53 Å². The molecule has 2 aromatic carbocycles. The van der Waals surface area contributed by atoms with E-state index < -0.39 is 0 Å². The monoisotopic (exact) mass is 390 g/mol. The molecule has 0 saturated heterocycles. The molecule has 0 aliphatic heterocycles. The summed E-state index contributed by atoms with van der Waals surface area (Å²) in [5, 5.41) is 16.9. The average Bonchev–Trinajstić information content (AvgIpc) is 3.23. The Bertz CT molecular complexity index is 1110. The number of aromatic amines is 1. The van der Waals surface area contributed by atoms with Crippen LogP contribution in [0.25, 0.3) is 16.6 Å². The largest absolute Gasteiger partial charge is 0.508 e. The van der Waals surface area contributed by atoms with Gasteiger partial charge in [0.25, 0.3) is 5.56 Å². The molecule has 29 heavy (non-hydrogen) atoms. The number of nitrogens with zero attached hydrogens (tertiary/aromatic N) is 1. The van der Waals surface area contributed by atoms with E-state index in [0.717, 1.165) is 24.3 Å². The molecule has 1 fully saturated rings. The summed E-state index contributed by atoms with van der Waals surface area (Å²) in [7, 11) is 0. The van der Waals surface area contributed by atoms with Gasteiger partial charge < -0.3 is 20.1 Å². The lowest BCUT2D eigenvalue weighted by Crippen LogP contribution is -2.11. The van der Waals surface area contributed by atoms with Crippen LogP contribution in [0.1, 0.15) is 31.2 Å². The summed E-state index contributed by atoms with van der Waals surface area (Å²) in [6.07, 6.45) is 6.48. The maximum Gasteiger partial charge on any atom is 0.258 e. The minimum atomic E-state index is -0.354. The van der Waals surface area contributed by atoms with Crippen LogP contribution in [0.5, 0.6) is 11.5 Å². The van der Waals surface area contributed by atoms with Crippen LogP contribution in [0.15, 0.2) is 64.6 Å². The van der Waals surface area contributed by atoms with Gasteiger partial charge in [-0.3, -0.25) is 4.79 Å². The third kappa shape index (κ3) is 4.29. The summed E-state index contributed by atoms with van der Waals surface area (Å²) in [6, 6.07) is 13.9. The fourth-order valence-corrected chi connectivity index (χ4v) is 3.53. The van der Waals surface area contributed by atoms with Crippen LogP contribution in [-0.4, -0.2) is 16.2 Å². The molecule has 7 heteroatoms. The number of phenols is 1. The number of fused-ring (bicyclic) bond motifs is 1. The van der Waals surface area contributed by atoms with Gasteiger partial charge in [-0.15, -0.1) is 0 Å². The minimum Gasteiger partial charge on any atom is -0.508 e. The Balaban J connectivity index is 1.53. The topological polar surface area (TPSA) is 111 Å². The molecular formula is C22H22N4O3. The lowest BCUT2D eigenvalue weighted by Gasteiger charge is -2.13. The number of pyridine rings is 1. The van der Waals surface area contributed by atoms with E-state index in [-0.39, 0.29) is 22.6 Å². The molecule has 4 N–H and O–H groups in total. The number of phenolic OH excluding ortho intramolecular Hbond substituents is 1. The van der Waals surface area contributed by atoms with Gasteiger partial charge in [-0.05, 0) is 74.2 Å². The smallest absolute Gasteiger partial charge is 0.258 e. The third-order valence-corrected chi connectivity index (χ3v) is 5.06. The number of H-pyrrole nitrogens is 1. The van der Waals surface area contributed by atoms with Crippen molar-refractivity contribution in [3.63, 3.8) is 0 Å². The number of hydrogen-bond donors (Lipinski definition) is 4. The number of benzene rings is 2. The van der Waals surface area contributed by atoms with Crippen molar-refractivity contribution in [3.05, 3.63) is 70.6 Å². The Kier molecular flexibility index (Phi) is 5.29. The lowest BCUT2D eigenvalue weighted by molar-refractivity contribution is 0.210. The number of nitrogens with one attached hydrogen (secondary N) is 3. The van der Waals surface area contributed by atoms with Gasteiger partial charge in [0.1, 0.15) is 17.2 Å². The van der Waals surface area contributed by atoms with E-state index in [0.29, 0.717) is 17.0 Å². The molecule has 3 aromatic rings. The fraction of sp³-hybridized carbons (Fsp3) is 0.227. The van der Waals surface area contributed by atoms with E-state index in [2.05, 4.69) is 15.4 Å². The third-order valence-electron chi connectivity index (χ3n) is 5.06. The highest BCUT2D eigenvalue weighted by Gasteiger charge is 2.16. The van der Waals surface area contributed by atoms with Gasteiger partial charge in [-0.1, -0.05) is 0 Å². The lowest BCUT2D eigenvalue weighted by atomic mass is 10.1. The molecule has 1 aromatic heterocycles. The zero-order valence-corrected chi connectivity index (χ0v) is 15.8. The number of rotatable bonds is 6. The van der Waals surface area contributed by atoms with Crippen molar-refractivity contribution in [2.45, 2.75) is 31.8 Å². The van der Waals surface area contributed by atoms with Gasteiger partial charge >= 0.3 is 0 Å². The first kappa shape index (κ1) is 18.7. The summed E-state index contributed by atoms with van der Waals surface area (Å²) in [5.74, 6) is 0.935. The van der Waals surface area contributed by atoms with Gasteiger partial charge in [0.2, 0.25) is 0 Å². The van der Waals surface area contributed by atoms with E-state index in [9.17, 15) is 9.90 Å². The van der Waals surface area contributed by atoms with Gasteiger partial charge in [0.15, 0.2) is 0 Å². The quantitative estimate of drug-likeness (QED) is 0.444. The highest BCUT2D eigenvalue weighted by atomic mass is 16.5. The van der Waals surface area contributed by atoms with Crippen LogP contribution in [-0.2, 0) is 0 Å².